The second-order valence-electron chi connectivity index (χ2n) is 7.47. The predicted molar refractivity (Wildman–Crippen MR) is 134 cm³/mol. The number of imidazole rings is 1. The summed E-state index contributed by atoms with van der Waals surface area (Å²) in [5.41, 5.74) is 1.91. The van der Waals surface area contributed by atoms with Crippen molar-refractivity contribution in [2.24, 2.45) is 0 Å². The Morgan fingerprint density at radius 2 is 1.86 bits per heavy atom. The Morgan fingerprint density at radius 3 is 2.60 bits per heavy atom. The van der Waals surface area contributed by atoms with Gasteiger partial charge in [-0.25, -0.2) is 17.9 Å². The highest BCUT2D eigenvalue weighted by molar-refractivity contribution is 7.99. The number of aromatic nitrogens is 5. The molecule has 0 aliphatic carbocycles. The maximum Gasteiger partial charge on any atom is 0.323 e. The number of aromatic amines is 2. The summed E-state index contributed by atoms with van der Waals surface area (Å²) in [6.45, 7) is 4.27. The smallest absolute Gasteiger partial charge is 0.323 e. The number of hydrogen-bond donors (Lipinski definition) is 4. The summed E-state index contributed by atoms with van der Waals surface area (Å²) in [5.74, 6) is 6.13. The molecule has 0 saturated carbocycles. The summed E-state index contributed by atoms with van der Waals surface area (Å²) in [5, 5.41) is 11.2. The molecular formula is C21H24N8O4S2. The molecule has 14 heteroatoms. The molecule has 2 aromatic heterocycles. The molecule has 0 atom stereocenters. The number of carbonyl (C=O) groups is 1. The Kier molecular flexibility index (Phi) is 6.95. The fourth-order valence-electron chi connectivity index (χ4n) is 3.52. The number of nitrogens with two attached hydrogens (primary N) is 1. The summed E-state index contributed by atoms with van der Waals surface area (Å²) in [4.78, 5) is 29.2. The molecule has 4 rings (SSSR count). The number of nitrogens with zero attached hydrogens (tertiary/aromatic N) is 4. The summed E-state index contributed by atoms with van der Waals surface area (Å²) in [6, 6.07) is 11.4. The first-order valence-corrected chi connectivity index (χ1v) is 13.1. The van der Waals surface area contributed by atoms with Crippen LogP contribution in [-0.4, -0.2) is 62.3 Å². The van der Waals surface area contributed by atoms with Gasteiger partial charge >= 0.3 is 5.69 Å². The van der Waals surface area contributed by atoms with Gasteiger partial charge in [-0.1, -0.05) is 37.7 Å². The van der Waals surface area contributed by atoms with E-state index in [2.05, 4.69) is 25.5 Å². The van der Waals surface area contributed by atoms with Crippen LogP contribution in [0.3, 0.4) is 0 Å². The third-order valence-corrected chi connectivity index (χ3v) is 8.22. The Labute approximate surface area is 204 Å². The van der Waals surface area contributed by atoms with Crippen LogP contribution < -0.4 is 16.8 Å². The minimum atomic E-state index is -3.65. The van der Waals surface area contributed by atoms with Gasteiger partial charge in [0.15, 0.2) is 5.82 Å². The van der Waals surface area contributed by atoms with Crippen molar-refractivity contribution in [1.29, 1.82) is 0 Å². The normalized spacial score (nSPS) is 11.9. The van der Waals surface area contributed by atoms with Gasteiger partial charge in [-0.3, -0.25) is 4.79 Å². The molecule has 0 aliphatic heterocycles. The number of anilines is 1. The van der Waals surface area contributed by atoms with Crippen molar-refractivity contribution in [3.63, 3.8) is 0 Å². The average Bonchev–Trinajstić information content (AvgIpc) is 3.39. The lowest BCUT2D eigenvalue weighted by atomic mass is 10.2. The molecule has 2 aromatic carbocycles. The lowest BCUT2D eigenvalue weighted by molar-refractivity contribution is -0.113. The number of sulfonamides is 1. The molecule has 12 nitrogen and oxygen atoms in total. The molecule has 0 unspecified atom stereocenters. The Balaban J connectivity index is 1.46. The minimum absolute atomic E-state index is 0.00735. The third kappa shape index (κ3) is 5.08. The van der Waals surface area contributed by atoms with Crippen LogP contribution in [0.2, 0.25) is 0 Å². The predicted octanol–water partition coefficient (Wildman–Crippen LogP) is 1.59. The van der Waals surface area contributed by atoms with Crippen molar-refractivity contribution in [2.75, 3.05) is 30.0 Å². The van der Waals surface area contributed by atoms with Crippen molar-refractivity contribution in [3.05, 3.63) is 52.9 Å². The van der Waals surface area contributed by atoms with Gasteiger partial charge in [0.25, 0.3) is 0 Å². The number of rotatable bonds is 9. The summed E-state index contributed by atoms with van der Waals surface area (Å²) in [6.07, 6.45) is 0. The lowest BCUT2D eigenvalue weighted by Crippen LogP contribution is -2.30. The molecule has 0 spiro atoms. The van der Waals surface area contributed by atoms with Gasteiger partial charge < -0.3 is 21.1 Å². The van der Waals surface area contributed by atoms with Crippen LogP contribution in [0, 0.1) is 0 Å². The summed E-state index contributed by atoms with van der Waals surface area (Å²) >= 11 is 1.08. The molecule has 0 aliphatic rings. The fraction of sp³-hybridized carbons (Fsp3) is 0.238. The van der Waals surface area contributed by atoms with E-state index in [1.165, 1.54) is 21.1 Å². The number of carbonyl (C=O) groups excluding carboxylic acids is 1. The van der Waals surface area contributed by atoms with Crippen molar-refractivity contribution in [3.8, 4) is 11.4 Å². The second-order valence-corrected chi connectivity index (χ2v) is 10.4. The molecule has 0 radical (unpaired) electrons. The zero-order valence-electron chi connectivity index (χ0n) is 19.0. The maximum absolute atomic E-state index is 12.9. The topological polar surface area (TPSA) is 172 Å². The second kappa shape index (κ2) is 9.93. The number of nitrogen functional groups attached to an aromatic ring is 1. The number of amides is 1. The highest BCUT2D eigenvalue weighted by Crippen LogP contribution is 2.25. The van der Waals surface area contributed by atoms with E-state index in [4.69, 9.17) is 5.84 Å². The van der Waals surface area contributed by atoms with Gasteiger partial charge in [0.05, 0.1) is 21.7 Å². The van der Waals surface area contributed by atoms with Crippen LogP contribution in [0.5, 0.6) is 0 Å². The maximum atomic E-state index is 12.9. The molecule has 0 fully saturated rings. The quantitative estimate of drug-likeness (QED) is 0.192. The van der Waals surface area contributed by atoms with Gasteiger partial charge in [-0.2, -0.15) is 4.31 Å². The van der Waals surface area contributed by atoms with E-state index in [1.54, 1.807) is 44.2 Å². The molecule has 35 heavy (non-hydrogen) atoms. The van der Waals surface area contributed by atoms with E-state index in [-0.39, 0.29) is 33.2 Å². The number of H-pyrrole nitrogens is 2. The summed E-state index contributed by atoms with van der Waals surface area (Å²) in [7, 11) is -3.65. The van der Waals surface area contributed by atoms with Crippen molar-refractivity contribution >= 4 is 44.4 Å². The first-order chi connectivity index (χ1) is 16.7. The third-order valence-electron chi connectivity index (χ3n) is 5.23. The average molecular weight is 517 g/mol. The van der Waals surface area contributed by atoms with Gasteiger partial charge in [0.2, 0.25) is 21.1 Å². The lowest BCUT2D eigenvalue weighted by Gasteiger charge is -2.18. The summed E-state index contributed by atoms with van der Waals surface area (Å²) < 4.78 is 28.3. The Morgan fingerprint density at radius 1 is 1.11 bits per heavy atom. The van der Waals surface area contributed by atoms with E-state index < -0.39 is 10.0 Å². The number of thioether (sulfide) groups is 1. The fourth-order valence-corrected chi connectivity index (χ4v) is 5.68. The van der Waals surface area contributed by atoms with E-state index in [9.17, 15) is 18.0 Å². The molecule has 5 N–H and O–H groups in total. The number of hydrogen-bond acceptors (Lipinski definition) is 8. The molecule has 2 heterocycles. The molecule has 184 valence electrons. The highest BCUT2D eigenvalue weighted by Gasteiger charge is 2.23. The zero-order valence-corrected chi connectivity index (χ0v) is 20.6. The van der Waals surface area contributed by atoms with Crippen LogP contribution in [0.4, 0.5) is 5.69 Å². The van der Waals surface area contributed by atoms with Crippen molar-refractivity contribution in [2.45, 2.75) is 23.9 Å². The van der Waals surface area contributed by atoms with Crippen LogP contribution >= 0.6 is 11.8 Å². The van der Waals surface area contributed by atoms with Gasteiger partial charge in [-0.15, -0.1) is 10.2 Å². The number of benzene rings is 2. The van der Waals surface area contributed by atoms with Crippen LogP contribution in [-0.2, 0) is 14.8 Å². The standard InChI is InChI=1S/C21H24N8O4S2/c1-3-28(4-2)35(32,33)15-7-5-6-13(10-15)19-26-27-21(29(19)22)34-12-18(30)23-14-8-9-16-17(11-14)25-20(31)24-16/h5-11H,3-4,12,22H2,1-2H3,(H,23,30)(H2,24,25,31). The van der Waals surface area contributed by atoms with Crippen LogP contribution in [0.1, 0.15) is 13.8 Å². The van der Waals surface area contributed by atoms with Crippen LogP contribution in [0.25, 0.3) is 22.4 Å². The Bertz CT molecular complexity index is 1540. The molecule has 1 amide bonds. The first-order valence-electron chi connectivity index (χ1n) is 10.7. The molecule has 4 aromatic rings. The highest BCUT2D eigenvalue weighted by atomic mass is 32.2. The number of nitrogens with one attached hydrogen (secondary N) is 3. The molecule has 0 bridgehead atoms. The van der Waals surface area contributed by atoms with Gasteiger partial charge in [-0.05, 0) is 30.3 Å². The monoisotopic (exact) mass is 516 g/mol. The van der Waals surface area contributed by atoms with E-state index >= 15 is 0 Å². The molecular weight excluding hydrogens is 492 g/mol. The van der Waals surface area contributed by atoms with Gasteiger partial charge in [0, 0.05) is 24.3 Å². The molecule has 0 saturated heterocycles. The van der Waals surface area contributed by atoms with E-state index in [0.717, 1.165) is 11.8 Å². The van der Waals surface area contributed by atoms with Crippen molar-refractivity contribution in [1.82, 2.24) is 29.1 Å². The van der Waals surface area contributed by atoms with Crippen molar-refractivity contribution < 1.29 is 13.2 Å². The largest absolute Gasteiger partial charge is 0.335 e. The SMILES string of the molecule is CCN(CC)S(=O)(=O)c1cccc(-c2nnc(SCC(=O)Nc3ccc4[nH]c(=O)[nH]c4c3)n2N)c1. The van der Waals surface area contributed by atoms with Crippen LogP contribution in [0.15, 0.2) is 57.3 Å². The Hall–Kier alpha value is -3.62. The first kappa shape index (κ1) is 24.5. The zero-order chi connectivity index (χ0) is 25.2. The number of fused-ring (bicyclic) bond motifs is 1. The van der Waals surface area contributed by atoms with E-state index in [1.807, 2.05) is 0 Å². The van der Waals surface area contributed by atoms with E-state index in [0.29, 0.717) is 35.4 Å². The van der Waals surface area contributed by atoms with Gasteiger partial charge in [0.1, 0.15) is 0 Å². The minimum Gasteiger partial charge on any atom is -0.335 e.